The Morgan fingerprint density at radius 3 is 2.46 bits per heavy atom. The van der Waals surface area contributed by atoms with Gasteiger partial charge in [-0.1, -0.05) is 36.4 Å². The highest BCUT2D eigenvalue weighted by Gasteiger charge is 2.49. The molecule has 1 fully saturated rings. The molecule has 146 valence electrons. The van der Waals surface area contributed by atoms with Crippen molar-refractivity contribution in [1.82, 2.24) is 15.5 Å². The van der Waals surface area contributed by atoms with E-state index in [4.69, 9.17) is 4.74 Å². The van der Waals surface area contributed by atoms with Gasteiger partial charge in [0.1, 0.15) is 17.8 Å². The third-order valence-corrected chi connectivity index (χ3v) is 4.98. The van der Waals surface area contributed by atoms with Gasteiger partial charge in [0.15, 0.2) is 0 Å². The van der Waals surface area contributed by atoms with Crippen LogP contribution in [0.3, 0.4) is 0 Å². The first-order valence-electron chi connectivity index (χ1n) is 8.95. The van der Waals surface area contributed by atoms with Crippen LogP contribution in [-0.2, 0) is 21.7 Å². The minimum atomic E-state index is -1.22. The highest BCUT2D eigenvalue weighted by molar-refractivity contribution is 6.09. The number of nitrogens with one attached hydrogen (secondary N) is 2. The average molecular weight is 381 g/mol. The monoisotopic (exact) mass is 381 g/mol. The summed E-state index contributed by atoms with van der Waals surface area (Å²) in [5.74, 6) is -0.212. The predicted octanol–water partition coefficient (Wildman–Crippen LogP) is 2.09. The molecule has 1 saturated heterocycles. The molecule has 1 aliphatic heterocycles. The van der Waals surface area contributed by atoms with Gasteiger partial charge < -0.3 is 15.4 Å². The van der Waals surface area contributed by atoms with E-state index in [2.05, 4.69) is 10.6 Å². The number of nitrogens with zero attached hydrogens (tertiary/aromatic N) is 1. The van der Waals surface area contributed by atoms with E-state index in [-0.39, 0.29) is 6.54 Å². The highest BCUT2D eigenvalue weighted by atomic mass is 16.5. The molecule has 0 radical (unpaired) electrons. The summed E-state index contributed by atoms with van der Waals surface area (Å²) in [6.45, 7) is 3.59. The molecule has 0 spiro atoms. The van der Waals surface area contributed by atoms with Crippen LogP contribution in [0.4, 0.5) is 4.79 Å². The van der Waals surface area contributed by atoms with Crippen LogP contribution in [0, 0.1) is 6.92 Å². The lowest BCUT2D eigenvalue weighted by Gasteiger charge is -2.22. The van der Waals surface area contributed by atoms with Crippen LogP contribution in [0.15, 0.2) is 48.5 Å². The van der Waals surface area contributed by atoms with Gasteiger partial charge in [-0.15, -0.1) is 0 Å². The van der Waals surface area contributed by atoms with Crippen molar-refractivity contribution >= 4 is 17.8 Å². The molecule has 2 N–H and O–H groups in total. The quantitative estimate of drug-likeness (QED) is 0.750. The van der Waals surface area contributed by atoms with Gasteiger partial charge in [0, 0.05) is 6.54 Å². The summed E-state index contributed by atoms with van der Waals surface area (Å²) >= 11 is 0. The molecule has 1 aliphatic rings. The second kappa shape index (κ2) is 7.72. The topological polar surface area (TPSA) is 87.7 Å². The number of urea groups is 1. The van der Waals surface area contributed by atoms with Gasteiger partial charge in [-0.05, 0) is 42.7 Å². The third kappa shape index (κ3) is 3.69. The van der Waals surface area contributed by atoms with Crippen LogP contribution in [0.1, 0.15) is 23.6 Å². The number of ether oxygens (including phenoxy) is 1. The van der Waals surface area contributed by atoms with E-state index in [0.29, 0.717) is 17.9 Å². The molecule has 7 nitrogen and oxygen atoms in total. The Kier molecular flexibility index (Phi) is 5.35. The van der Waals surface area contributed by atoms with E-state index in [0.717, 1.165) is 16.0 Å². The lowest BCUT2D eigenvalue weighted by atomic mass is 9.92. The summed E-state index contributed by atoms with van der Waals surface area (Å²) in [5, 5.41) is 5.45. The highest BCUT2D eigenvalue weighted by Crippen LogP contribution is 2.29. The van der Waals surface area contributed by atoms with Gasteiger partial charge in [0.2, 0.25) is 5.91 Å². The first kappa shape index (κ1) is 19.4. The fourth-order valence-corrected chi connectivity index (χ4v) is 3.16. The van der Waals surface area contributed by atoms with Crippen molar-refractivity contribution in [3.63, 3.8) is 0 Å². The number of rotatable bonds is 6. The van der Waals surface area contributed by atoms with E-state index < -0.39 is 23.4 Å². The van der Waals surface area contributed by atoms with E-state index in [9.17, 15) is 14.4 Å². The Labute approximate surface area is 163 Å². The Morgan fingerprint density at radius 2 is 1.82 bits per heavy atom. The molecule has 0 saturated carbocycles. The van der Waals surface area contributed by atoms with Crippen LogP contribution in [0.5, 0.6) is 5.75 Å². The van der Waals surface area contributed by atoms with Crippen molar-refractivity contribution in [3.8, 4) is 5.75 Å². The van der Waals surface area contributed by atoms with Crippen molar-refractivity contribution < 1.29 is 19.1 Å². The minimum absolute atomic E-state index is 0.331. The number of carbonyl (C=O) groups excluding carboxylic acids is 3. The molecule has 3 rings (SSSR count). The van der Waals surface area contributed by atoms with E-state index in [1.54, 1.807) is 38.3 Å². The van der Waals surface area contributed by atoms with Crippen LogP contribution in [0.25, 0.3) is 0 Å². The van der Waals surface area contributed by atoms with Crippen LogP contribution >= 0.6 is 0 Å². The van der Waals surface area contributed by atoms with E-state index in [1.807, 2.05) is 31.2 Å². The maximum Gasteiger partial charge on any atom is 0.325 e. The second-order valence-electron chi connectivity index (χ2n) is 6.88. The molecule has 2 aromatic carbocycles. The van der Waals surface area contributed by atoms with Gasteiger partial charge in [-0.3, -0.25) is 14.5 Å². The molecule has 28 heavy (non-hydrogen) atoms. The first-order chi connectivity index (χ1) is 13.3. The zero-order valence-corrected chi connectivity index (χ0v) is 16.1. The van der Waals surface area contributed by atoms with Crippen molar-refractivity contribution in [3.05, 3.63) is 65.2 Å². The fraction of sp³-hybridized carbons (Fsp3) is 0.286. The number of benzene rings is 2. The number of hydrogen-bond donors (Lipinski definition) is 2. The Morgan fingerprint density at radius 1 is 1.14 bits per heavy atom. The van der Waals surface area contributed by atoms with Crippen LogP contribution < -0.4 is 15.4 Å². The molecular formula is C21H23N3O4. The Bertz CT molecular complexity index is 910. The standard InChI is InChI=1S/C21H23N3O4/c1-14-6-4-5-7-15(14)12-22-18(25)13-24-19(26)21(2,23-20(24)27)16-8-10-17(28-3)11-9-16/h4-11H,12-13H2,1-3H3,(H,22,25)(H,23,27)/t21-/m1/s1. The molecule has 0 aliphatic carbocycles. The normalized spacial score (nSPS) is 18.8. The summed E-state index contributed by atoms with van der Waals surface area (Å²) in [5.41, 5.74) is 1.44. The molecular weight excluding hydrogens is 358 g/mol. The summed E-state index contributed by atoms with van der Waals surface area (Å²) in [7, 11) is 1.55. The molecule has 0 aromatic heterocycles. The van der Waals surface area contributed by atoms with E-state index >= 15 is 0 Å². The predicted molar refractivity (Wildman–Crippen MR) is 104 cm³/mol. The molecule has 7 heteroatoms. The third-order valence-electron chi connectivity index (χ3n) is 4.98. The fourth-order valence-electron chi connectivity index (χ4n) is 3.16. The minimum Gasteiger partial charge on any atom is -0.497 e. The molecule has 0 unspecified atom stereocenters. The lowest BCUT2D eigenvalue weighted by Crippen LogP contribution is -2.43. The van der Waals surface area contributed by atoms with Crippen molar-refractivity contribution in [2.24, 2.45) is 0 Å². The molecule has 2 aromatic rings. The molecule has 0 bridgehead atoms. The maximum atomic E-state index is 12.9. The summed E-state index contributed by atoms with van der Waals surface area (Å²) in [4.78, 5) is 38.5. The molecule has 1 heterocycles. The molecule has 1 atom stereocenters. The van der Waals surface area contributed by atoms with E-state index in [1.165, 1.54) is 0 Å². The van der Waals surface area contributed by atoms with Crippen LogP contribution in [-0.4, -0.2) is 36.4 Å². The zero-order valence-electron chi connectivity index (χ0n) is 16.1. The van der Waals surface area contributed by atoms with Gasteiger partial charge in [0.05, 0.1) is 7.11 Å². The number of carbonyl (C=O) groups is 3. The first-order valence-corrected chi connectivity index (χ1v) is 8.95. The number of aryl methyl sites for hydroxylation is 1. The van der Waals surface area contributed by atoms with Crippen molar-refractivity contribution in [2.75, 3.05) is 13.7 Å². The molecule has 4 amide bonds. The summed E-state index contributed by atoms with van der Waals surface area (Å²) in [6, 6.07) is 14.0. The number of amides is 4. The summed E-state index contributed by atoms with van der Waals surface area (Å²) < 4.78 is 5.12. The van der Waals surface area contributed by atoms with Gasteiger partial charge in [0.25, 0.3) is 5.91 Å². The maximum absolute atomic E-state index is 12.9. The smallest absolute Gasteiger partial charge is 0.325 e. The van der Waals surface area contributed by atoms with Gasteiger partial charge in [-0.2, -0.15) is 0 Å². The zero-order chi connectivity index (χ0) is 20.3. The van der Waals surface area contributed by atoms with Crippen molar-refractivity contribution in [2.45, 2.75) is 25.9 Å². The Hall–Kier alpha value is -3.35. The SMILES string of the molecule is COc1ccc([C@@]2(C)NC(=O)N(CC(=O)NCc3ccccc3C)C2=O)cc1. The van der Waals surface area contributed by atoms with Crippen molar-refractivity contribution in [1.29, 1.82) is 0 Å². The number of hydrogen-bond acceptors (Lipinski definition) is 4. The number of imide groups is 1. The summed E-state index contributed by atoms with van der Waals surface area (Å²) in [6.07, 6.45) is 0. The lowest BCUT2D eigenvalue weighted by molar-refractivity contribution is -0.134. The average Bonchev–Trinajstić information content (AvgIpc) is 2.91. The Balaban J connectivity index is 1.67. The van der Waals surface area contributed by atoms with Gasteiger partial charge >= 0.3 is 6.03 Å². The second-order valence-corrected chi connectivity index (χ2v) is 6.88. The van der Waals surface area contributed by atoms with Gasteiger partial charge in [-0.25, -0.2) is 4.79 Å². The largest absolute Gasteiger partial charge is 0.497 e. The number of methoxy groups -OCH3 is 1. The van der Waals surface area contributed by atoms with Crippen LogP contribution in [0.2, 0.25) is 0 Å².